The van der Waals surface area contributed by atoms with Crippen molar-refractivity contribution in [3.63, 3.8) is 0 Å². The van der Waals surface area contributed by atoms with Gasteiger partial charge in [-0.25, -0.2) is 8.42 Å². The van der Waals surface area contributed by atoms with E-state index in [-0.39, 0.29) is 0 Å². The lowest BCUT2D eigenvalue weighted by Gasteiger charge is -2.35. The molecule has 0 aromatic heterocycles. The first-order valence-corrected chi connectivity index (χ1v) is 8.03. The molecule has 2 atom stereocenters. The summed E-state index contributed by atoms with van der Waals surface area (Å²) < 4.78 is 23.1. The number of piperazine rings is 1. The van der Waals surface area contributed by atoms with Gasteiger partial charge < -0.3 is 10.2 Å². The summed E-state index contributed by atoms with van der Waals surface area (Å²) in [5.74, 6) is 1.18. The highest BCUT2D eigenvalue weighted by molar-refractivity contribution is 7.91. The second-order valence-corrected chi connectivity index (χ2v) is 7.47. The molecular weight excluding hydrogens is 224 g/mol. The van der Waals surface area contributed by atoms with Crippen molar-refractivity contribution in [3.8, 4) is 0 Å². The van der Waals surface area contributed by atoms with Crippen LogP contribution in [0.1, 0.15) is 19.8 Å². The quantitative estimate of drug-likeness (QED) is 0.751. The Bertz CT molecular complexity index is 329. The van der Waals surface area contributed by atoms with Crippen molar-refractivity contribution < 1.29 is 8.42 Å². The van der Waals surface area contributed by atoms with Crippen LogP contribution in [0.25, 0.3) is 0 Å². The predicted molar refractivity (Wildman–Crippen MR) is 65.3 cm³/mol. The minimum Gasteiger partial charge on any atom is -0.312 e. The van der Waals surface area contributed by atoms with Gasteiger partial charge in [-0.3, -0.25) is 0 Å². The van der Waals surface area contributed by atoms with Crippen LogP contribution in [0.15, 0.2) is 0 Å². The fourth-order valence-electron chi connectivity index (χ4n) is 2.80. The molecule has 0 radical (unpaired) electrons. The number of hydrogen-bond donors (Lipinski definition) is 1. The van der Waals surface area contributed by atoms with E-state index in [4.69, 9.17) is 0 Å². The molecule has 0 bridgehead atoms. The predicted octanol–water partition coefficient (Wildman–Crippen LogP) is 0.105. The molecule has 0 aromatic rings. The van der Waals surface area contributed by atoms with Gasteiger partial charge in [0.2, 0.25) is 0 Å². The molecule has 1 N–H and O–H groups in total. The van der Waals surface area contributed by atoms with E-state index in [1.54, 1.807) is 0 Å². The van der Waals surface area contributed by atoms with Crippen LogP contribution in [0.2, 0.25) is 0 Å². The van der Waals surface area contributed by atoms with E-state index in [2.05, 4.69) is 17.1 Å². The molecule has 2 rings (SSSR count). The molecule has 4 nitrogen and oxygen atoms in total. The normalized spacial score (nSPS) is 36.1. The van der Waals surface area contributed by atoms with Crippen LogP contribution in [-0.2, 0) is 9.84 Å². The van der Waals surface area contributed by atoms with E-state index in [1.165, 1.54) is 0 Å². The van der Waals surface area contributed by atoms with Crippen molar-refractivity contribution in [2.24, 2.45) is 5.92 Å². The van der Waals surface area contributed by atoms with E-state index in [9.17, 15) is 8.42 Å². The molecule has 2 heterocycles. The molecule has 0 aliphatic carbocycles. The minimum atomic E-state index is -2.74. The Morgan fingerprint density at radius 3 is 2.94 bits per heavy atom. The van der Waals surface area contributed by atoms with Crippen molar-refractivity contribution in [2.45, 2.75) is 25.8 Å². The Hall–Kier alpha value is -0.130. The summed E-state index contributed by atoms with van der Waals surface area (Å²) in [5, 5.41) is 3.41. The van der Waals surface area contributed by atoms with Crippen molar-refractivity contribution in [3.05, 3.63) is 0 Å². The third kappa shape index (κ3) is 3.43. The van der Waals surface area contributed by atoms with Gasteiger partial charge in [0.1, 0.15) is 0 Å². The lowest BCUT2D eigenvalue weighted by atomic mass is 10.0. The second kappa shape index (κ2) is 5.02. The van der Waals surface area contributed by atoms with Crippen LogP contribution >= 0.6 is 0 Å². The van der Waals surface area contributed by atoms with Crippen LogP contribution in [0.5, 0.6) is 0 Å². The van der Waals surface area contributed by atoms with E-state index >= 15 is 0 Å². The van der Waals surface area contributed by atoms with Gasteiger partial charge in [0.15, 0.2) is 9.84 Å². The molecule has 0 spiro atoms. The molecule has 0 saturated carbocycles. The highest BCUT2D eigenvalue weighted by Crippen LogP contribution is 2.19. The summed E-state index contributed by atoms with van der Waals surface area (Å²) >= 11 is 0. The minimum absolute atomic E-state index is 0.365. The van der Waals surface area contributed by atoms with Gasteiger partial charge in [-0.05, 0) is 25.7 Å². The highest BCUT2D eigenvalue weighted by atomic mass is 32.2. The highest BCUT2D eigenvalue weighted by Gasteiger charge is 2.27. The summed E-state index contributed by atoms with van der Waals surface area (Å²) in [5.41, 5.74) is 0. The van der Waals surface area contributed by atoms with Gasteiger partial charge in [0.05, 0.1) is 11.5 Å². The fourth-order valence-corrected chi connectivity index (χ4v) is 4.57. The molecule has 2 saturated heterocycles. The Morgan fingerprint density at radius 1 is 1.44 bits per heavy atom. The van der Waals surface area contributed by atoms with Crippen LogP contribution in [0.4, 0.5) is 0 Å². The zero-order valence-corrected chi connectivity index (χ0v) is 10.8. The summed E-state index contributed by atoms with van der Waals surface area (Å²) in [6.45, 7) is 6.28. The Labute approximate surface area is 98.3 Å². The molecular formula is C11H22N2O2S. The Balaban J connectivity index is 1.84. The smallest absolute Gasteiger partial charge is 0.150 e. The van der Waals surface area contributed by atoms with Gasteiger partial charge in [-0.15, -0.1) is 0 Å². The van der Waals surface area contributed by atoms with Crippen LogP contribution in [-0.4, -0.2) is 57.0 Å². The number of sulfone groups is 1. The molecule has 2 fully saturated rings. The Kier molecular flexibility index (Phi) is 3.87. The molecule has 0 aromatic carbocycles. The van der Waals surface area contributed by atoms with E-state index in [0.717, 1.165) is 39.0 Å². The second-order valence-electron chi connectivity index (χ2n) is 5.24. The maximum absolute atomic E-state index is 11.5. The SMILES string of the molecule is CC1CN(CC2CCCS(=O)(=O)C2)CCN1. The molecule has 2 unspecified atom stereocenters. The van der Waals surface area contributed by atoms with Crippen LogP contribution in [0, 0.1) is 5.92 Å². The topological polar surface area (TPSA) is 49.4 Å². The summed E-state index contributed by atoms with van der Waals surface area (Å²) in [6, 6.07) is 0.536. The van der Waals surface area contributed by atoms with Crippen molar-refractivity contribution in [1.29, 1.82) is 0 Å². The van der Waals surface area contributed by atoms with Crippen LogP contribution < -0.4 is 5.32 Å². The molecule has 5 heteroatoms. The third-order valence-corrected chi connectivity index (χ3v) is 5.42. The van der Waals surface area contributed by atoms with E-state index in [0.29, 0.717) is 23.5 Å². The lowest BCUT2D eigenvalue weighted by molar-refractivity contribution is 0.179. The Morgan fingerprint density at radius 2 is 2.25 bits per heavy atom. The molecule has 16 heavy (non-hydrogen) atoms. The van der Waals surface area contributed by atoms with Crippen LogP contribution in [0.3, 0.4) is 0 Å². The third-order valence-electron chi connectivity index (χ3n) is 3.53. The van der Waals surface area contributed by atoms with Crippen molar-refractivity contribution >= 4 is 9.84 Å². The lowest BCUT2D eigenvalue weighted by Crippen LogP contribution is -2.51. The fraction of sp³-hybridized carbons (Fsp3) is 1.00. The van der Waals surface area contributed by atoms with Crippen molar-refractivity contribution in [1.82, 2.24) is 10.2 Å². The first-order chi connectivity index (χ1) is 7.55. The largest absolute Gasteiger partial charge is 0.312 e. The van der Waals surface area contributed by atoms with Gasteiger partial charge in [-0.1, -0.05) is 0 Å². The first-order valence-electron chi connectivity index (χ1n) is 6.21. The molecule has 0 amide bonds. The monoisotopic (exact) mass is 246 g/mol. The summed E-state index contributed by atoms with van der Waals surface area (Å²) in [6.07, 6.45) is 1.94. The number of nitrogens with zero attached hydrogens (tertiary/aromatic N) is 1. The molecule has 2 aliphatic rings. The van der Waals surface area contributed by atoms with Gasteiger partial charge in [-0.2, -0.15) is 0 Å². The zero-order chi connectivity index (χ0) is 11.6. The average Bonchev–Trinajstić information content (AvgIpc) is 2.15. The molecule has 94 valence electrons. The summed E-state index contributed by atoms with van der Waals surface area (Å²) in [4.78, 5) is 2.41. The first kappa shape index (κ1) is 12.3. The number of rotatable bonds is 2. The maximum Gasteiger partial charge on any atom is 0.150 e. The van der Waals surface area contributed by atoms with Gasteiger partial charge in [0, 0.05) is 32.2 Å². The summed E-state index contributed by atoms with van der Waals surface area (Å²) in [7, 11) is -2.74. The maximum atomic E-state index is 11.5. The zero-order valence-electron chi connectivity index (χ0n) is 9.98. The number of nitrogens with one attached hydrogen (secondary N) is 1. The average molecular weight is 246 g/mol. The van der Waals surface area contributed by atoms with E-state index < -0.39 is 9.84 Å². The number of hydrogen-bond acceptors (Lipinski definition) is 4. The van der Waals surface area contributed by atoms with Crippen molar-refractivity contribution in [2.75, 3.05) is 37.7 Å². The molecule has 2 aliphatic heterocycles. The van der Waals surface area contributed by atoms with Gasteiger partial charge >= 0.3 is 0 Å². The van der Waals surface area contributed by atoms with Gasteiger partial charge in [0.25, 0.3) is 0 Å². The standard InChI is InChI=1S/C11H22N2O2S/c1-10-7-13(5-4-12-10)8-11-3-2-6-16(14,15)9-11/h10-12H,2-9H2,1H3. The van der Waals surface area contributed by atoms with E-state index in [1.807, 2.05) is 0 Å².